The van der Waals surface area contributed by atoms with E-state index in [0.29, 0.717) is 33.7 Å². The fraction of sp³-hybridized carbons (Fsp3) is 0.0952. The smallest absolute Gasteiger partial charge is 0.344 e. The first kappa shape index (κ1) is 15.6. The van der Waals surface area contributed by atoms with Crippen molar-refractivity contribution in [2.24, 2.45) is 0 Å². The number of aromatic nitrogens is 2. The predicted molar refractivity (Wildman–Crippen MR) is 99.5 cm³/mol. The van der Waals surface area contributed by atoms with Crippen molar-refractivity contribution in [1.29, 1.82) is 0 Å². The molecule has 1 unspecified atom stereocenters. The number of rotatable bonds is 1. The van der Waals surface area contributed by atoms with Gasteiger partial charge in [0.1, 0.15) is 11.4 Å². The number of nitrogens with zero attached hydrogens (tertiary/aromatic N) is 1. The zero-order valence-electron chi connectivity index (χ0n) is 14.4. The Bertz CT molecular complexity index is 1310. The molecule has 0 bridgehead atoms. The van der Waals surface area contributed by atoms with Crippen molar-refractivity contribution in [3.05, 3.63) is 97.9 Å². The summed E-state index contributed by atoms with van der Waals surface area (Å²) >= 11 is 0. The third-order valence-electron chi connectivity index (χ3n) is 4.75. The largest absolute Gasteiger partial charge is 0.437 e. The van der Waals surface area contributed by atoms with Crippen LogP contribution >= 0.6 is 0 Å². The van der Waals surface area contributed by atoms with Gasteiger partial charge in [0.15, 0.2) is 5.75 Å². The van der Waals surface area contributed by atoms with E-state index in [1.165, 1.54) is 0 Å². The highest BCUT2D eigenvalue weighted by Gasteiger charge is 2.36. The molecule has 6 nitrogen and oxygen atoms in total. The highest BCUT2D eigenvalue weighted by molar-refractivity contribution is 5.86. The summed E-state index contributed by atoms with van der Waals surface area (Å²) in [5.74, 6) is 0.429. The average Bonchev–Trinajstić information content (AvgIpc) is 2.67. The molecular weight excluding hydrogens is 344 g/mol. The normalized spacial score (nSPS) is 15.1. The molecule has 2 aromatic carbocycles. The molecular formula is C21H14N2O4. The summed E-state index contributed by atoms with van der Waals surface area (Å²) in [4.78, 5) is 32.7. The number of hydrogen-bond donors (Lipinski definition) is 1. The maximum atomic E-state index is 12.9. The maximum absolute atomic E-state index is 12.9. The van der Waals surface area contributed by atoms with E-state index in [4.69, 9.17) is 9.15 Å². The van der Waals surface area contributed by atoms with E-state index in [2.05, 4.69) is 9.97 Å². The predicted octanol–water partition coefficient (Wildman–Crippen LogP) is 3.47. The Morgan fingerprint density at radius 2 is 1.70 bits per heavy atom. The SMILES string of the molecule is Cc1nc2c(c(=O)[nH]1)C(c1ccccc1)c1c(c3ccccc3oc1=O)O2. The highest BCUT2D eigenvalue weighted by Crippen LogP contribution is 2.46. The second-order valence-electron chi connectivity index (χ2n) is 6.44. The molecule has 1 N–H and O–H groups in total. The van der Waals surface area contributed by atoms with Gasteiger partial charge in [-0.3, -0.25) is 4.79 Å². The number of aryl methyl sites for hydroxylation is 1. The van der Waals surface area contributed by atoms with Crippen LogP contribution in [0.1, 0.15) is 28.4 Å². The van der Waals surface area contributed by atoms with Gasteiger partial charge in [-0.15, -0.1) is 0 Å². The molecule has 2 aromatic heterocycles. The minimum absolute atomic E-state index is 0.216. The fourth-order valence-electron chi connectivity index (χ4n) is 3.62. The van der Waals surface area contributed by atoms with Crippen LogP contribution in [0.15, 0.2) is 68.6 Å². The van der Waals surface area contributed by atoms with Crippen LogP contribution in [0, 0.1) is 6.92 Å². The van der Waals surface area contributed by atoms with Gasteiger partial charge in [0.05, 0.1) is 22.4 Å². The Labute approximate surface area is 153 Å². The molecule has 0 spiro atoms. The summed E-state index contributed by atoms with van der Waals surface area (Å²) in [6.07, 6.45) is 0. The summed E-state index contributed by atoms with van der Waals surface area (Å²) in [7, 11) is 0. The fourth-order valence-corrected chi connectivity index (χ4v) is 3.62. The molecule has 4 aromatic rings. The van der Waals surface area contributed by atoms with Crippen molar-refractivity contribution in [3.8, 4) is 11.6 Å². The monoisotopic (exact) mass is 358 g/mol. The lowest BCUT2D eigenvalue weighted by Crippen LogP contribution is -2.28. The Morgan fingerprint density at radius 1 is 0.963 bits per heavy atom. The van der Waals surface area contributed by atoms with E-state index < -0.39 is 11.5 Å². The lowest BCUT2D eigenvalue weighted by molar-refractivity contribution is 0.419. The number of benzene rings is 2. The molecule has 0 amide bonds. The number of nitrogens with one attached hydrogen (secondary N) is 1. The number of aromatic amines is 1. The lowest BCUT2D eigenvalue weighted by Gasteiger charge is -2.26. The van der Waals surface area contributed by atoms with E-state index in [1.807, 2.05) is 42.5 Å². The first-order valence-electron chi connectivity index (χ1n) is 8.53. The second-order valence-corrected chi connectivity index (χ2v) is 6.44. The molecule has 0 saturated carbocycles. The third kappa shape index (κ3) is 2.30. The van der Waals surface area contributed by atoms with Gasteiger partial charge >= 0.3 is 5.63 Å². The van der Waals surface area contributed by atoms with Gasteiger partial charge in [0, 0.05) is 0 Å². The van der Waals surface area contributed by atoms with Crippen LogP contribution in [0.5, 0.6) is 11.6 Å². The maximum Gasteiger partial charge on any atom is 0.344 e. The summed E-state index contributed by atoms with van der Waals surface area (Å²) in [5, 5.41) is 0.665. The van der Waals surface area contributed by atoms with E-state index in [1.54, 1.807) is 19.1 Å². The van der Waals surface area contributed by atoms with Crippen molar-refractivity contribution >= 4 is 11.0 Å². The first-order valence-corrected chi connectivity index (χ1v) is 8.53. The number of ether oxygens (including phenoxy) is 1. The van der Waals surface area contributed by atoms with Gasteiger partial charge < -0.3 is 14.1 Å². The van der Waals surface area contributed by atoms with Crippen molar-refractivity contribution < 1.29 is 9.15 Å². The zero-order chi connectivity index (χ0) is 18.5. The first-order chi connectivity index (χ1) is 13.1. The minimum atomic E-state index is -0.623. The molecule has 0 radical (unpaired) electrons. The summed E-state index contributed by atoms with van der Waals surface area (Å²) < 4.78 is 11.5. The molecule has 0 aliphatic carbocycles. The van der Waals surface area contributed by atoms with Crippen LogP contribution in [-0.4, -0.2) is 9.97 Å². The highest BCUT2D eigenvalue weighted by atomic mass is 16.5. The Morgan fingerprint density at radius 3 is 2.52 bits per heavy atom. The number of fused-ring (bicyclic) bond motifs is 4. The average molecular weight is 358 g/mol. The molecule has 1 atom stereocenters. The Hall–Kier alpha value is -3.67. The van der Waals surface area contributed by atoms with Crippen LogP contribution in [0.3, 0.4) is 0 Å². The molecule has 1 aliphatic heterocycles. The van der Waals surface area contributed by atoms with Crippen LogP contribution < -0.4 is 15.9 Å². The lowest BCUT2D eigenvalue weighted by atomic mass is 9.84. The van der Waals surface area contributed by atoms with Crippen molar-refractivity contribution in [2.45, 2.75) is 12.8 Å². The third-order valence-corrected chi connectivity index (χ3v) is 4.75. The van der Waals surface area contributed by atoms with Crippen LogP contribution in [0.4, 0.5) is 0 Å². The standard InChI is InChI=1S/C21H14N2O4/c1-11-22-19(24)17-15(12-7-3-2-4-8-12)16-18(27-20(17)23-11)13-9-5-6-10-14(13)26-21(16)25/h2-10,15H,1H3,(H,22,23,24). The van der Waals surface area contributed by atoms with E-state index in [-0.39, 0.29) is 11.4 Å². The molecule has 132 valence electrons. The van der Waals surface area contributed by atoms with Crippen LogP contribution in [-0.2, 0) is 0 Å². The van der Waals surface area contributed by atoms with Gasteiger partial charge in [0.2, 0.25) is 5.88 Å². The van der Waals surface area contributed by atoms with Gasteiger partial charge in [0.25, 0.3) is 5.56 Å². The molecule has 0 fully saturated rings. The molecule has 5 rings (SSSR count). The van der Waals surface area contributed by atoms with E-state index in [9.17, 15) is 9.59 Å². The van der Waals surface area contributed by atoms with Gasteiger partial charge in [-0.05, 0) is 24.6 Å². The van der Waals surface area contributed by atoms with Crippen LogP contribution in [0.25, 0.3) is 11.0 Å². The summed E-state index contributed by atoms with van der Waals surface area (Å²) in [6, 6.07) is 16.5. The second kappa shape index (κ2) is 5.67. The molecule has 3 heterocycles. The quantitative estimate of drug-likeness (QED) is 0.464. The number of H-pyrrole nitrogens is 1. The topological polar surface area (TPSA) is 85.2 Å². The van der Waals surface area contributed by atoms with E-state index in [0.717, 1.165) is 5.56 Å². The van der Waals surface area contributed by atoms with Gasteiger partial charge in [-0.1, -0.05) is 42.5 Å². The Balaban J connectivity index is 1.93. The summed E-state index contributed by atoms with van der Waals surface area (Å²) in [6.45, 7) is 1.69. The molecule has 27 heavy (non-hydrogen) atoms. The molecule has 1 aliphatic rings. The van der Waals surface area contributed by atoms with Gasteiger partial charge in [-0.2, -0.15) is 4.98 Å². The number of hydrogen-bond acceptors (Lipinski definition) is 5. The van der Waals surface area contributed by atoms with Crippen LogP contribution in [0.2, 0.25) is 0 Å². The zero-order valence-corrected chi connectivity index (χ0v) is 14.4. The minimum Gasteiger partial charge on any atom is -0.437 e. The Kier molecular flexibility index (Phi) is 3.27. The van der Waals surface area contributed by atoms with Crippen molar-refractivity contribution in [3.63, 3.8) is 0 Å². The summed E-state index contributed by atoms with van der Waals surface area (Å²) in [5.41, 5.74) is 0.985. The van der Waals surface area contributed by atoms with Gasteiger partial charge in [-0.25, -0.2) is 4.79 Å². The van der Waals surface area contributed by atoms with E-state index >= 15 is 0 Å². The number of para-hydroxylation sites is 1. The van der Waals surface area contributed by atoms with Crippen molar-refractivity contribution in [2.75, 3.05) is 0 Å². The molecule has 6 heteroatoms. The van der Waals surface area contributed by atoms with Crippen molar-refractivity contribution in [1.82, 2.24) is 9.97 Å². The molecule has 0 saturated heterocycles.